The van der Waals surface area contributed by atoms with Crippen LogP contribution in [0.15, 0.2) is 24.3 Å². The van der Waals surface area contributed by atoms with E-state index in [1.54, 1.807) is 12.1 Å². The normalized spacial score (nSPS) is 27.1. The van der Waals surface area contributed by atoms with Crippen LogP contribution in [0.25, 0.3) is 0 Å². The first-order valence-corrected chi connectivity index (χ1v) is 5.57. The molecule has 0 spiro atoms. The van der Waals surface area contributed by atoms with Gasteiger partial charge in [0.2, 0.25) is 0 Å². The number of para-hydroxylation sites is 1. The molecule has 2 atom stereocenters. The molecule has 0 heterocycles. The van der Waals surface area contributed by atoms with E-state index in [4.69, 9.17) is 5.73 Å². The van der Waals surface area contributed by atoms with Crippen molar-refractivity contribution in [3.05, 3.63) is 29.8 Å². The van der Waals surface area contributed by atoms with Crippen molar-refractivity contribution in [1.29, 1.82) is 0 Å². The van der Waals surface area contributed by atoms with E-state index in [0.717, 1.165) is 0 Å². The maximum atomic E-state index is 12.3. The molecule has 6 heteroatoms. The SMILES string of the molecule is NCC1(CO)CC1c1ccccc1OC(F)(F)F. The summed E-state index contributed by atoms with van der Waals surface area (Å²) in [6.45, 7) is 0.114. The molecule has 0 saturated heterocycles. The van der Waals surface area contributed by atoms with Gasteiger partial charge in [0.15, 0.2) is 0 Å². The van der Waals surface area contributed by atoms with Crippen molar-refractivity contribution in [2.45, 2.75) is 18.7 Å². The fourth-order valence-corrected chi connectivity index (χ4v) is 2.24. The molecule has 0 amide bonds. The molecule has 0 aliphatic heterocycles. The van der Waals surface area contributed by atoms with Crippen LogP contribution in [0.2, 0.25) is 0 Å². The first-order valence-electron chi connectivity index (χ1n) is 5.57. The number of aliphatic hydroxyl groups is 1. The van der Waals surface area contributed by atoms with Gasteiger partial charge in [0.1, 0.15) is 5.75 Å². The number of benzene rings is 1. The van der Waals surface area contributed by atoms with E-state index in [1.165, 1.54) is 12.1 Å². The lowest BCUT2D eigenvalue weighted by Gasteiger charge is -2.16. The zero-order valence-electron chi connectivity index (χ0n) is 9.57. The Balaban J connectivity index is 2.25. The maximum Gasteiger partial charge on any atom is 0.573 e. The summed E-state index contributed by atoms with van der Waals surface area (Å²) in [5.74, 6) is -0.384. The van der Waals surface area contributed by atoms with E-state index in [1.807, 2.05) is 0 Å². The second-order valence-corrected chi connectivity index (χ2v) is 4.57. The quantitative estimate of drug-likeness (QED) is 0.871. The predicted octanol–water partition coefficient (Wildman–Crippen LogP) is 2.01. The van der Waals surface area contributed by atoms with Crippen LogP contribution in [-0.4, -0.2) is 24.6 Å². The van der Waals surface area contributed by atoms with Gasteiger partial charge in [0.25, 0.3) is 0 Å². The van der Waals surface area contributed by atoms with E-state index in [-0.39, 0.29) is 24.8 Å². The molecule has 3 N–H and O–H groups in total. The predicted molar refractivity (Wildman–Crippen MR) is 59.1 cm³/mol. The molecular formula is C12H14F3NO2. The second kappa shape index (κ2) is 4.44. The molecule has 1 saturated carbocycles. The molecular weight excluding hydrogens is 247 g/mol. The lowest BCUT2D eigenvalue weighted by Crippen LogP contribution is -2.22. The van der Waals surface area contributed by atoms with Crippen LogP contribution in [0, 0.1) is 5.41 Å². The van der Waals surface area contributed by atoms with Crippen molar-refractivity contribution in [2.24, 2.45) is 11.1 Å². The molecule has 1 fully saturated rings. The molecule has 3 nitrogen and oxygen atoms in total. The molecule has 1 aromatic carbocycles. The number of alkyl halides is 3. The third kappa shape index (κ3) is 2.44. The summed E-state index contributed by atoms with van der Waals surface area (Å²) in [7, 11) is 0. The van der Waals surface area contributed by atoms with E-state index in [0.29, 0.717) is 12.0 Å². The van der Waals surface area contributed by atoms with Gasteiger partial charge in [-0.15, -0.1) is 13.2 Å². The number of hydrogen-bond acceptors (Lipinski definition) is 3. The minimum Gasteiger partial charge on any atom is -0.405 e. The molecule has 1 aliphatic rings. The van der Waals surface area contributed by atoms with Crippen LogP contribution < -0.4 is 10.5 Å². The topological polar surface area (TPSA) is 55.5 Å². The lowest BCUT2D eigenvalue weighted by atomic mass is 9.99. The van der Waals surface area contributed by atoms with Crippen LogP contribution >= 0.6 is 0 Å². The Labute approximate surface area is 102 Å². The van der Waals surface area contributed by atoms with Gasteiger partial charge in [0.05, 0.1) is 6.61 Å². The molecule has 18 heavy (non-hydrogen) atoms. The Kier molecular flexibility index (Phi) is 3.25. The van der Waals surface area contributed by atoms with Crippen molar-refractivity contribution < 1.29 is 23.0 Å². The number of ether oxygens (including phenoxy) is 1. The maximum absolute atomic E-state index is 12.3. The number of nitrogens with two attached hydrogens (primary N) is 1. The van der Waals surface area contributed by atoms with Crippen molar-refractivity contribution >= 4 is 0 Å². The van der Waals surface area contributed by atoms with Gasteiger partial charge in [-0.3, -0.25) is 0 Å². The number of halogens is 3. The van der Waals surface area contributed by atoms with Crippen LogP contribution in [-0.2, 0) is 0 Å². The highest BCUT2D eigenvalue weighted by Gasteiger charge is 2.54. The minimum absolute atomic E-state index is 0.130. The Bertz CT molecular complexity index is 430. The van der Waals surface area contributed by atoms with Gasteiger partial charge < -0.3 is 15.6 Å². The van der Waals surface area contributed by atoms with Gasteiger partial charge in [-0.2, -0.15) is 0 Å². The molecule has 1 aromatic rings. The van der Waals surface area contributed by atoms with E-state index >= 15 is 0 Å². The Morgan fingerprint density at radius 2 is 2.06 bits per heavy atom. The van der Waals surface area contributed by atoms with Gasteiger partial charge in [-0.1, -0.05) is 18.2 Å². The second-order valence-electron chi connectivity index (χ2n) is 4.57. The molecule has 0 radical (unpaired) electrons. The van der Waals surface area contributed by atoms with Crippen molar-refractivity contribution in [1.82, 2.24) is 0 Å². The van der Waals surface area contributed by atoms with Gasteiger partial charge in [-0.25, -0.2) is 0 Å². The number of rotatable bonds is 4. The number of hydrogen-bond donors (Lipinski definition) is 2. The monoisotopic (exact) mass is 261 g/mol. The molecule has 0 aromatic heterocycles. The first kappa shape index (κ1) is 13.2. The highest BCUT2D eigenvalue weighted by molar-refractivity contribution is 5.42. The Morgan fingerprint density at radius 1 is 1.39 bits per heavy atom. The van der Waals surface area contributed by atoms with Gasteiger partial charge in [-0.05, 0) is 24.0 Å². The molecule has 2 unspecified atom stereocenters. The average Bonchev–Trinajstić information content (AvgIpc) is 3.03. The van der Waals surface area contributed by atoms with Crippen LogP contribution in [0.1, 0.15) is 17.9 Å². The highest BCUT2D eigenvalue weighted by atomic mass is 19.4. The third-order valence-corrected chi connectivity index (χ3v) is 3.43. The van der Waals surface area contributed by atoms with Crippen molar-refractivity contribution in [3.8, 4) is 5.75 Å². The summed E-state index contributed by atoms with van der Waals surface area (Å²) in [5, 5.41) is 9.27. The van der Waals surface area contributed by atoms with Gasteiger partial charge >= 0.3 is 6.36 Å². The fourth-order valence-electron chi connectivity index (χ4n) is 2.24. The van der Waals surface area contributed by atoms with Crippen LogP contribution in [0.3, 0.4) is 0 Å². The summed E-state index contributed by atoms with van der Waals surface area (Å²) >= 11 is 0. The lowest BCUT2D eigenvalue weighted by molar-refractivity contribution is -0.274. The third-order valence-electron chi connectivity index (χ3n) is 3.43. The molecule has 100 valence electrons. The first-order chi connectivity index (χ1) is 8.42. The summed E-state index contributed by atoms with van der Waals surface area (Å²) in [6, 6.07) is 5.99. The molecule has 2 rings (SSSR count). The summed E-state index contributed by atoms with van der Waals surface area (Å²) in [5.41, 5.74) is 5.52. The average molecular weight is 261 g/mol. The largest absolute Gasteiger partial charge is 0.573 e. The van der Waals surface area contributed by atoms with Crippen molar-refractivity contribution in [2.75, 3.05) is 13.2 Å². The van der Waals surface area contributed by atoms with E-state index < -0.39 is 11.8 Å². The van der Waals surface area contributed by atoms with Crippen LogP contribution in [0.4, 0.5) is 13.2 Å². The standard InChI is InChI=1S/C12H14F3NO2/c13-12(14,15)18-10-4-2-1-3-8(10)9-5-11(9,6-16)7-17/h1-4,9,17H,5-7,16H2. The molecule has 0 bridgehead atoms. The molecule has 1 aliphatic carbocycles. The Hall–Kier alpha value is -1.27. The zero-order valence-corrected chi connectivity index (χ0v) is 9.57. The van der Waals surface area contributed by atoms with E-state index in [2.05, 4.69) is 4.74 Å². The zero-order chi connectivity index (χ0) is 13.4. The summed E-state index contributed by atoms with van der Waals surface area (Å²) < 4.78 is 40.8. The highest BCUT2D eigenvalue weighted by Crippen LogP contribution is 2.60. The van der Waals surface area contributed by atoms with Crippen LogP contribution in [0.5, 0.6) is 5.75 Å². The Morgan fingerprint density at radius 3 is 2.56 bits per heavy atom. The minimum atomic E-state index is -4.71. The van der Waals surface area contributed by atoms with Gasteiger partial charge in [0, 0.05) is 12.0 Å². The summed E-state index contributed by atoms with van der Waals surface area (Å²) in [4.78, 5) is 0. The van der Waals surface area contributed by atoms with E-state index in [9.17, 15) is 18.3 Å². The van der Waals surface area contributed by atoms with Crippen molar-refractivity contribution in [3.63, 3.8) is 0 Å². The fraction of sp³-hybridized carbons (Fsp3) is 0.500. The summed E-state index contributed by atoms with van der Waals surface area (Å²) in [6.07, 6.45) is -4.13. The smallest absolute Gasteiger partial charge is 0.405 e. The number of aliphatic hydroxyl groups excluding tert-OH is 1.